The topological polar surface area (TPSA) is 97.8 Å². The molecule has 1 fully saturated rings. The Morgan fingerprint density at radius 2 is 1.97 bits per heavy atom. The zero-order valence-corrected chi connectivity index (χ0v) is 16.2. The maximum atomic E-state index is 12.9. The van der Waals surface area contributed by atoms with E-state index in [1.807, 2.05) is 24.3 Å². The van der Waals surface area contributed by atoms with Crippen LogP contribution in [0.1, 0.15) is 24.6 Å². The summed E-state index contributed by atoms with van der Waals surface area (Å²) in [6.45, 7) is 1.78. The number of urea groups is 1. The smallest absolute Gasteiger partial charge is 0.325 e. The lowest BCUT2D eigenvalue weighted by Gasteiger charge is -2.21. The first-order valence-corrected chi connectivity index (χ1v) is 9.25. The highest BCUT2D eigenvalue weighted by Crippen LogP contribution is 2.27. The first-order valence-electron chi connectivity index (χ1n) is 9.25. The molecule has 1 N–H and O–H groups in total. The summed E-state index contributed by atoms with van der Waals surface area (Å²) in [5.74, 6) is 1.47. The molecule has 1 aromatic carbocycles. The molecule has 8 nitrogen and oxygen atoms in total. The number of imide groups is 1. The van der Waals surface area contributed by atoms with Crippen molar-refractivity contribution in [2.45, 2.75) is 31.8 Å². The van der Waals surface area contributed by atoms with Gasteiger partial charge in [-0.3, -0.25) is 9.69 Å². The molecule has 1 unspecified atom stereocenters. The van der Waals surface area contributed by atoms with E-state index in [1.54, 1.807) is 32.2 Å². The highest BCUT2D eigenvalue weighted by Gasteiger charge is 2.47. The Morgan fingerprint density at radius 3 is 2.66 bits per heavy atom. The number of nitrogens with zero attached hydrogens (tertiary/aromatic N) is 2. The third-order valence-electron chi connectivity index (χ3n) is 5.06. The van der Waals surface area contributed by atoms with Crippen molar-refractivity contribution in [2.24, 2.45) is 0 Å². The summed E-state index contributed by atoms with van der Waals surface area (Å²) >= 11 is 0. The minimum absolute atomic E-state index is 0.0347. The van der Waals surface area contributed by atoms with Crippen LogP contribution in [0.25, 0.3) is 11.5 Å². The number of hydrogen-bond acceptors (Lipinski definition) is 6. The minimum Gasteiger partial charge on any atom is -0.497 e. The molecule has 3 heterocycles. The summed E-state index contributed by atoms with van der Waals surface area (Å²) in [4.78, 5) is 26.5. The van der Waals surface area contributed by atoms with Crippen LogP contribution in [0.2, 0.25) is 0 Å². The molecule has 0 spiro atoms. The van der Waals surface area contributed by atoms with Gasteiger partial charge < -0.3 is 19.0 Å². The summed E-state index contributed by atoms with van der Waals surface area (Å²) < 4.78 is 15.7. The van der Waals surface area contributed by atoms with Gasteiger partial charge >= 0.3 is 6.03 Å². The fraction of sp³-hybridized carbons (Fsp3) is 0.286. The largest absolute Gasteiger partial charge is 0.497 e. The fourth-order valence-electron chi connectivity index (χ4n) is 3.33. The molecular formula is C21H21N3O5. The van der Waals surface area contributed by atoms with Crippen LogP contribution in [0.15, 0.2) is 57.7 Å². The molecule has 4 rings (SSSR count). The van der Waals surface area contributed by atoms with Gasteiger partial charge in [-0.2, -0.15) is 0 Å². The Balaban J connectivity index is 1.42. The van der Waals surface area contributed by atoms with Crippen LogP contribution >= 0.6 is 0 Å². The van der Waals surface area contributed by atoms with Crippen LogP contribution in [0.5, 0.6) is 5.75 Å². The zero-order valence-electron chi connectivity index (χ0n) is 16.2. The van der Waals surface area contributed by atoms with E-state index in [0.29, 0.717) is 30.1 Å². The van der Waals surface area contributed by atoms with Gasteiger partial charge in [-0.25, -0.2) is 4.79 Å². The van der Waals surface area contributed by atoms with E-state index in [9.17, 15) is 9.59 Å². The molecule has 3 amide bonds. The monoisotopic (exact) mass is 395 g/mol. The second-order valence-electron chi connectivity index (χ2n) is 7.16. The summed E-state index contributed by atoms with van der Waals surface area (Å²) in [6.07, 6.45) is 2.66. The zero-order chi connectivity index (χ0) is 20.4. The van der Waals surface area contributed by atoms with E-state index >= 15 is 0 Å². The number of benzene rings is 1. The molecule has 8 heteroatoms. The summed E-state index contributed by atoms with van der Waals surface area (Å²) in [7, 11) is 1.61. The maximum absolute atomic E-state index is 12.9. The molecule has 1 saturated heterocycles. The molecule has 0 bridgehead atoms. The third kappa shape index (κ3) is 3.73. The Hall–Kier alpha value is -3.55. The van der Waals surface area contributed by atoms with E-state index < -0.39 is 11.6 Å². The van der Waals surface area contributed by atoms with Gasteiger partial charge in [0.2, 0.25) is 5.76 Å². The van der Waals surface area contributed by atoms with Crippen LogP contribution in [0.3, 0.4) is 0 Å². The summed E-state index contributed by atoms with van der Waals surface area (Å²) in [5.41, 5.74) is 0.566. The molecule has 1 aliphatic rings. The normalized spacial score (nSPS) is 18.9. The number of aromatic nitrogens is 1. The van der Waals surface area contributed by atoms with Crippen LogP contribution in [-0.2, 0) is 17.8 Å². The van der Waals surface area contributed by atoms with Gasteiger partial charge in [0.25, 0.3) is 5.91 Å². The van der Waals surface area contributed by atoms with Gasteiger partial charge in [0, 0.05) is 6.07 Å². The number of furan rings is 1. The van der Waals surface area contributed by atoms with Crippen molar-refractivity contribution in [3.63, 3.8) is 0 Å². The number of aryl methyl sites for hydroxylation is 1. The number of carbonyl (C=O) groups excluding carboxylic acids is 2. The van der Waals surface area contributed by atoms with Crippen molar-refractivity contribution in [1.29, 1.82) is 0 Å². The number of carbonyl (C=O) groups is 2. The lowest BCUT2D eigenvalue weighted by Crippen LogP contribution is -2.44. The SMILES string of the molecule is COc1ccc(CCC2(C)NC(=O)N(Cc3cc(-c4ccco4)on3)C2=O)cc1. The Bertz CT molecular complexity index is 1010. The van der Waals surface area contributed by atoms with Gasteiger partial charge in [-0.15, -0.1) is 0 Å². The Kier molecular flexibility index (Phi) is 4.84. The van der Waals surface area contributed by atoms with Crippen LogP contribution in [-0.4, -0.2) is 34.6 Å². The molecule has 0 saturated carbocycles. The van der Waals surface area contributed by atoms with Gasteiger partial charge in [-0.1, -0.05) is 17.3 Å². The summed E-state index contributed by atoms with van der Waals surface area (Å²) in [6, 6.07) is 12.4. The average Bonchev–Trinajstić information content (AvgIpc) is 3.45. The lowest BCUT2D eigenvalue weighted by molar-refractivity contribution is -0.131. The fourth-order valence-corrected chi connectivity index (χ4v) is 3.33. The molecule has 1 aliphatic heterocycles. The van der Waals surface area contributed by atoms with Gasteiger partial charge in [0.05, 0.1) is 19.9 Å². The van der Waals surface area contributed by atoms with E-state index in [-0.39, 0.29) is 12.5 Å². The van der Waals surface area contributed by atoms with Crippen LogP contribution in [0, 0.1) is 0 Å². The van der Waals surface area contributed by atoms with Crippen molar-refractivity contribution in [1.82, 2.24) is 15.4 Å². The number of amides is 3. The van der Waals surface area contributed by atoms with Crippen LogP contribution in [0.4, 0.5) is 4.79 Å². The van der Waals surface area contributed by atoms with Crippen LogP contribution < -0.4 is 10.1 Å². The van der Waals surface area contributed by atoms with Crippen molar-refractivity contribution in [2.75, 3.05) is 7.11 Å². The first-order chi connectivity index (χ1) is 14.0. The third-order valence-corrected chi connectivity index (χ3v) is 5.06. The predicted octanol–water partition coefficient (Wildman–Crippen LogP) is 3.39. The molecule has 150 valence electrons. The van der Waals surface area contributed by atoms with Crippen molar-refractivity contribution < 1.29 is 23.3 Å². The first kappa shape index (κ1) is 18.8. The number of nitrogens with one attached hydrogen (secondary N) is 1. The molecule has 2 aromatic heterocycles. The predicted molar refractivity (Wildman–Crippen MR) is 103 cm³/mol. The molecule has 1 atom stereocenters. The second-order valence-corrected chi connectivity index (χ2v) is 7.16. The van der Waals surface area contributed by atoms with Crippen molar-refractivity contribution in [3.05, 3.63) is 60.0 Å². The molecule has 3 aromatic rings. The van der Waals surface area contributed by atoms with Gasteiger partial charge in [-0.05, 0) is 49.6 Å². The molecule has 0 aliphatic carbocycles. The van der Waals surface area contributed by atoms with E-state index in [0.717, 1.165) is 16.2 Å². The number of rotatable bonds is 7. The number of hydrogen-bond donors (Lipinski definition) is 1. The van der Waals surface area contributed by atoms with Crippen molar-refractivity contribution in [3.8, 4) is 17.3 Å². The number of methoxy groups -OCH3 is 1. The van der Waals surface area contributed by atoms with Gasteiger partial charge in [0.1, 0.15) is 17.0 Å². The quantitative estimate of drug-likeness (QED) is 0.616. The summed E-state index contributed by atoms with van der Waals surface area (Å²) in [5, 5.41) is 6.75. The Morgan fingerprint density at radius 1 is 1.17 bits per heavy atom. The number of ether oxygens (including phenoxy) is 1. The minimum atomic E-state index is -0.968. The lowest BCUT2D eigenvalue weighted by atomic mass is 9.93. The molecule has 29 heavy (non-hydrogen) atoms. The standard InChI is InChI=1S/C21H21N3O5/c1-21(10-9-14-5-7-16(27-2)8-6-14)19(25)24(20(26)22-21)13-15-12-18(29-23-15)17-4-3-11-28-17/h3-8,11-12H,9-10,13H2,1-2H3,(H,22,26). The second kappa shape index (κ2) is 7.46. The molecule has 0 radical (unpaired) electrons. The highest BCUT2D eigenvalue weighted by atomic mass is 16.5. The average molecular weight is 395 g/mol. The highest BCUT2D eigenvalue weighted by molar-refractivity contribution is 6.06. The van der Waals surface area contributed by atoms with E-state index in [2.05, 4.69) is 10.5 Å². The maximum Gasteiger partial charge on any atom is 0.325 e. The van der Waals surface area contributed by atoms with E-state index in [1.165, 1.54) is 6.26 Å². The van der Waals surface area contributed by atoms with E-state index in [4.69, 9.17) is 13.7 Å². The van der Waals surface area contributed by atoms with Crippen molar-refractivity contribution >= 4 is 11.9 Å². The molecular weight excluding hydrogens is 374 g/mol. The van der Waals surface area contributed by atoms with Gasteiger partial charge in [0.15, 0.2) is 5.76 Å². The Labute approximate surface area is 167 Å².